The van der Waals surface area contributed by atoms with Gasteiger partial charge in [-0.25, -0.2) is 0 Å². The topological polar surface area (TPSA) is 60.7 Å². The Morgan fingerprint density at radius 2 is 1.10 bits per heavy atom. The van der Waals surface area contributed by atoms with E-state index in [0.29, 0.717) is 6.61 Å². The molecule has 1 aliphatic carbocycles. The number of aliphatic hydroxyl groups is 3. The predicted molar refractivity (Wildman–Crippen MR) is 140 cm³/mol. The van der Waals surface area contributed by atoms with E-state index in [9.17, 15) is 0 Å². The standard InChI is InChI=1S/C19H38.C4H10O2.C3H8O.C2H6/c1-5-18-12-14-19(15-13-18)11-7-10-17(4)9-6-8-16(2)3;5-3-1-2-4-6;1-2-3-4;1-2/h16-19H,5-15H2,1-4H3;5-6H,1-4H2;4H,2-3H2,1H3;1-2H3. The maximum absolute atomic E-state index is 8.09. The molecule has 0 saturated heterocycles. The first-order chi connectivity index (χ1) is 14.9. The van der Waals surface area contributed by atoms with Gasteiger partial charge in [-0.15, -0.1) is 0 Å². The lowest BCUT2D eigenvalue weighted by atomic mass is 9.78. The van der Waals surface area contributed by atoms with E-state index in [-0.39, 0.29) is 13.2 Å². The molecule has 0 aromatic carbocycles. The van der Waals surface area contributed by atoms with Gasteiger partial charge in [0.25, 0.3) is 0 Å². The Balaban J connectivity index is -0.000000540. The summed E-state index contributed by atoms with van der Waals surface area (Å²) in [5, 5.41) is 24.0. The molecule has 0 bridgehead atoms. The van der Waals surface area contributed by atoms with Crippen LogP contribution in [0.15, 0.2) is 0 Å². The van der Waals surface area contributed by atoms with Gasteiger partial charge < -0.3 is 15.3 Å². The molecule has 192 valence electrons. The van der Waals surface area contributed by atoms with Gasteiger partial charge in [-0.1, -0.05) is 119 Å². The molecule has 0 radical (unpaired) electrons. The molecule has 0 aromatic heterocycles. The van der Waals surface area contributed by atoms with E-state index >= 15 is 0 Å². The van der Waals surface area contributed by atoms with Crippen molar-refractivity contribution in [3.8, 4) is 0 Å². The number of hydrogen-bond donors (Lipinski definition) is 3. The Morgan fingerprint density at radius 3 is 1.48 bits per heavy atom. The van der Waals surface area contributed by atoms with Gasteiger partial charge in [0.2, 0.25) is 0 Å². The first-order valence-corrected chi connectivity index (χ1v) is 13.8. The molecular formula is C28H62O3. The van der Waals surface area contributed by atoms with Crippen LogP contribution < -0.4 is 0 Å². The van der Waals surface area contributed by atoms with Gasteiger partial charge in [0.1, 0.15) is 0 Å². The fraction of sp³-hybridized carbons (Fsp3) is 1.00. The van der Waals surface area contributed by atoms with Crippen LogP contribution in [0.3, 0.4) is 0 Å². The second-order valence-corrected chi connectivity index (χ2v) is 9.53. The Kier molecular flexibility index (Phi) is 34.2. The summed E-state index contributed by atoms with van der Waals surface area (Å²) in [6.07, 6.45) is 18.6. The molecule has 3 nitrogen and oxygen atoms in total. The van der Waals surface area contributed by atoms with Crippen LogP contribution in [-0.4, -0.2) is 35.1 Å². The van der Waals surface area contributed by atoms with E-state index in [2.05, 4.69) is 27.7 Å². The Hall–Kier alpha value is -0.120. The van der Waals surface area contributed by atoms with E-state index in [0.717, 1.165) is 42.9 Å². The molecule has 1 unspecified atom stereocenters. The third-order valence-corrected chi connectivity index (χ3v) is 6.12. The average molecular weight is 447 g/mol. The summed E-state index contributed by atoms with van der Waals surface area (Å²) < 4.78 is 0. The van der Waals surface area contributed by atoms with E-state index in [1.165, 1.54) is 70.6 Å². The van der Waals surface area contributed by atoms with Crippen LogP contribution in [0.5, 0.6) is 0 Å². The zero-order chi connectivity index (χ0) is 24.3. The smallest absolute Gasteiger partial charge is 0.0431 e. The second-order valence-electron chi connectivity index (χ2n) is 9.53. The molecule has 1 fully saturated rings. The van der Waals surface area contributed by atoms with Crippen molar-refractivity contribution in [2.24, 2.45) is 23.7 Å². The van der Waals surface area contributed by atoms with Gasteiger partial charge in [-0.2, -0.15) is 0 Å². The number of aliphatic hydroxyl groups excluding tert-OH is 3. The van der Waals surface area contributed by atoms with E-state index < -0.39 is 0 Å². The highest BCUT2D eigenvalue weighted by molar-refractivity contribution is 4.72. The van der Waals surface area contributed by atoms with Crippen molar-refractivity contribution in [3.05, 3.63) is 0 Å². The minimum absolute atomic E-state index is 0.195. The highest BCUT2D eigenvalue weighted by atomic mass is 16.3. The summed E-state index contributed by atoms with van der Waals surface area (Å²) in [4.78, 5) is 0. The average Bonchev–Trinajstić information content (AvgIpc) is 2.80. The highest BCUT2D eigenvalue weighted by Gasteiger charge is 2.19. The molecule has 31 heavy (non-hydrogen) atoms. The summed E-state index contributed by atoms with van der Waals surface area (Å²) in [6.45, 7) is 16.2. The van der Waals surface area contributed by atoms with Crippen LogP contribution in [0.4, 0.5) is 0 Å². The lowest BCUT2D eigenvalue weighted by molar-refractivity contribution is 0.242. The maximum atomic E-state index is 8.09. The first-order valence-electron chi connectivity index (χ1n) is 13.8. The van der Waals surface area contributed by atoms with E-state index in [4.69, 9.17) is 15.3 Å². The molecule has 0 heterocycles. The molecule has 0 amide bonds. The summed E-state index contributed by atoms with van der Waals surface area (Å²) >= 11 is 0. The zero-order valence-corrected chi connectivity index (χ0v) is 22.7. The van der Waals surface area contributed by atoms with Gasteiger partial charge in [-0.05, 0) is 42.9 Å². The normalized spacial score (nSPS) is 18.7. The van der Waals surface area contributed by atoms with Crippen molar-refractivity contribution in [1.82, 2.24) is 0 Å². The third kappa shape index (κ3) is 29.9. The predicted octanol–water partition coefficient (Wildman–Crippen LogP) is 8.00. The molecule has 1 rings (SSSR count). The van der Waals surface area contributed by atoms with Crippen LogP contribution in [0.1, 0.15) is 138 Å². The number of unbranched alkanes of at least 4 members (excludes halogenated alkanes) is 1. The molecule has 1 saturated carbocycles. The molecule has 3 heteroatoms. The van der Waals surface area contributed by atoms with Gasteiger partial charge in [0.15, 0.2) is 0 Å². The van der Waals surface area contributed by atoms with Crippen molar-refractivity contribution in [2.45, 2.75) is 138 Å². The van der Waals surface area contributed by atoms with Crippen LogP contribution in [-0.2, 0) is 0 Å². The lowest BCUT2D eigenvalue weighted by Crippen LogP contribution is -2.14. The zero-order valence-electron chi connectivity index (χ0n) is 22.7. The summed E-state index contributed by atoms with van der Waals surface area (Å²) in [5.74, 6) is 3.99. The van der Waals surface area contributed by atoms with Crippen LogP contribution >= 0.6 is 0 Å². The van der Waals surface area contributed by atoms with Crippen LogP contribution in [0, 0.1) is 23.7 Å². The van der Waals surface area contributed by atoms with Crippen molar-refractivity contribution in [3.63, 3.8) is 0 Å². The van der Waals surface area contributed by atoms with Crippen molar-refractivity contribution >= 4 is 0 Å². The summed E-state index contributed by atoms with van der Waals surface area (Å²) in [6, 6.07) is 0. The molecule has 1 aliphatic rings. The van der Waals surface area contributed by atoms with Crippen molar-refractivity contribution < 1.29 is 15.3 Å². The van der Waals surface area contributed by atoms with E-state index in [1.54, 1.807) is 0 Å². The van der Waals surface area contributed by atoms with Gasteiger partial charge >= 0.3 is 0 Å². The summed E-state index contributed by atoms with van der Waals surface area (Å²) in [5.41, 5.74) is 0. The quantitative estimate of drug-likeness (QED) is 0.251. The fourth-order valence-electron chi connectivity index (χ4n) is 3.93. The van der Waals surface area contributed by atoms with Crippen molar-refractivity contribution in [1.29, 1.82) is 0 Å². The Bertz CT molecular complexity index is 280. The second kappa shape index (κ2) is 29.9. The van der Waals surface area contributed by atoms with Crippen LogP contribution in [0.2, 0.25) is 0 Å². The minimum atomic E-state index is 0.195. The summed E-state index contributed by atoms with van der Waals surface area (Å²) in [7, 11) is 0. The number of hydrogen-bond acceptors (Lipinski definition) is 3. The Morgan fingerprint density at radius 1 is 0.645 bits per heavy atom. The minimum Gasteiger partial charge on any atom is -0.396 e. The molecule has 0 aromatic rings. The van der Waals surface area contributed by atoms with Gasteiger partial charge in [0.05, 0.1) is 0 Å². The highest BCUT2D eigenvalue weighted by Crippen LogP contribution is 2.33. The molecule has 1 atom stereocenters. The molecule has 3 N–H and O–H groups in total. The molecule has 0 spiro atoms. The third-order valence-electron chi connectivity index (χ3n) is 6.12. The van der Waals surface area contributed by atoms with Crippen molar-refractivity contribution in [2.75, 3.05) is 19.8 Å². The SMILES string of the molecule is CC.CCC1CCC(CCCC(C)CCCC(C)C)CC1.CCCO.OCCCCO. The lowest BCUT2D eigenvalue weighted by Gasteiger charge is -2.28. The Labute approximate surface area is 197 Å². The van der Waals surface area contributed by atoms with Gasteiger partial charge in [0, 0.05) is 19.8 Å². The van der Waals surface area contributed by atoms with E-state index in [1.807, 2.05) is 20.8 Å². The first kappa shape index (κ1) is 35.5. The molecule has 0 aliphatic heterocycles. The largest absolute Gasteiger partial charge is 0.396 e. The van der Waals surface area contributed by atoms with Crippen LogP contribution in [0.25, 0.3) is 0 Å². The van der Waals surface area contributed by atoms with Gasteiger partial charge in [-0.3, -0.25) is 0 Å². The monoisotopic (exact) mass is 446 g/mol. The number of rotatable bonds is 13. The fourth-order valence-corrected chi connectivity index (χ4v) is 3.93. The molecular weight excluding hydrogens is 384 g/mol. The maximum Gasteiger partial charge on any atom is 0.0431 e.